The van der Waals surface area contributed by atoms with E-state index in [1.165, 1.54) is 11.9 Å². The van der Waals surface area contributed by atoms with Gasteiger partial charge in [-0.3, -0.25) is 9.78 Å². The van der Waals surface area contributed by atoms with E-state index >= 15 is 0 Å². The summed E-state index contributed by atoms with van der Waals surface area (Å²) in [4.78, 5) is 27.0. The van der Waals surface area contributed by atoms with Gasteiger partial charge in [0.25, 0.3) is 5.91 Å². The van der Waals surface area contributed by atoms with Gasteiger partial charge < -0.3 is 10.2 Å². The van der Waals surface area contributed by atoms with E-state index in [1.807, 2.05) is 24.3 Å². The SMILES string of the molecule is O=C(NCc1cccnc1)c1cc(N2CCc3ccccc32)ncn1. The van der Waals surface area contributed by atoms with Crippen molar-refractivity contribution in [2.75, 3.05) is 11.4 Å². The van der Waals surface area contributed by atoms with E-state index in [9.17, 15) is 4.79 Å². The van der Waals surface area contributed by atoms with Gasteiger partial charge in [-0.1, -0.05) is 24.3 Å². The maximum absolute atomic E-state index is 12.4. The second-order valence-corrected chi connectivity index (χ2v) is 5.84. The molecule has 0 atom stereocenters. The molecule has 3 heterocycles. The summed E-state index contributed by atoms with van der Waals surface area (Å²) >= 11 is 0. The number of amides is 1. The summed E-state index contributed by atoms with van der Waals surface area (Å²) in [7, 11) is 0. The summed E-state index contributed by atoms with van der Waals surface area (Å²) in [5.41, 5.74) is 3.74. The van der Waals surface area contributed by atoms with Gasteiger partial charge in [0, 0.05) is 37.2 Å². The Bertz CT molecular complexity index is 897. The first-order chi connectivity index (χ1) is 12.3. The Morgan fingerprint density at radius 2 is 2.08 bits per heavy atom. The molecule has 0 spiro atoms. The second kappa shape index (κ2) is 6.68. The minimum Gasteiger partial charge on any atom is -0.347 e. The smallest absolute Gasteiger partial charge is 0.270 e. The van der Waals surface area contributed by atoms with Crippen molar-refractivity contribution >= 4 is 17.4 Å². The lowest BCUT2D eigenvalue weighted by Crippen LogP contribution is -2.24. The number of anilines is 2. The molecular formula is C19H17N5O. The average Bonchev–Trinajstić information content (AvgIpc) is 3.11. The highest BCUT2D eigenvalue weighted by atomic mass is 16.1. The number of fused-ring (bicyclic) bond motifs is 1. The van der Waals surface area contributed by atoms with E-state index in [0.717, 1.165) is 30.0 Å². The highest BCUT2D eigenvalue weighted by Crippen LogP contribution is 2.32. The fourth-order valence-electron chi connectivity index (χ4n) is 2.97. The lowest BCUT2D eigenvalue weighted by Gasteiger charge is -2.18. The second-order valence-electron chi connectivity index (χ2n) is 5.84. The zero-order valence-corrected chi connectivity index (χ0v) is 13.6. The molecule has 6 nitrogen and oxygen atoms in total. The molecule has 0 bridgehead atoms. The van der Waals surface area contributed by atoms with Crippen molar-refractivity contribution in [2.24, 2.45) is 0 Å². The Morgan fingerprint density at radius 1 is 1.16 bits per heavy atom. The van der Waals surface area contributed by atoms with Crippen LogP contribution in [-0.2, 0) is 13.0 Å². The van der Waals surface area contributed by atoms with Crippen LogP contribution < -0.4 is 10.2 Å². The lowest BCUT2D eigenvalue weighted by atomic mass is 10.2. The van der Waals surface area contributed by atoms with Crippen molar-refractivity contribution < 1.29 is 4.79 Å². The van der Waals surface area contributed by atoms with Crippen LogP contribution in [0.25, 0.3) is 0 Å². The van der Waals surface area contributed by atoms with Crippen molar-refractivity contribution in [1.29, 1.82) is 0 Å². The molecule has 124 valence electrons. The minimum absolute atomic E-state index is 0.222. The van der Waals surface area contributed by atoms with Gasteiger partial charge in [-0.15, -0.1) is 0 Å². The zero-order chi connectivity index (χ0) is 17.1. The molecule has 1 amide bonds. The van der Waals surface area contributed by atoms with Gasteiger partial charge in [-0.25, -0.2) is 9.97 Å². The van der Waals surface area contributed by atoms with Crippen LogP contribution in [0.1, 0.15) is 21.6 Å². The lowest BCUT2D eigenvalue weighted by molar-refractivity contribution is 0.0945. The van der Waals surface area contributed by atoms with Gasteiger partial charge >= 0.3 is 0 Å². The molecule has 4 rings (SSSR count). The summed E-state index contributed by atoms with van der Waals surface area (Å²) in [6.45, 7) is 1.27. The van der Waals surface area contributed by atoms with E-state index in [4.69, 9.17) is 0 Å². The van der Waals surface area contributed by atoms with Crippen LogP contribution in [-0.4, -0.2) is 27.4 Å². The molecule has 6 heteroatoms. The fraction of sp³-hybridized carbons (Fsp3) is 0.158. The number of carbonyl (C=O) groups excluding carboxylic acids is 1. The third-order valence-corrected chi connectivity index (χ3v) is 4.22. The molecule has 0 fully saturated rings. The molecule has 0 saturated heterocycles. The Labute approximate surface area is 145 Å². The quantitative estimate of drug-likeness (QED) is 0.795. The first-order valence-corrected chi connectivity index (χ1v) is 8.16. The maximum Gasteiger partial charge on any atom is 0.270 e. The van der Waals surface area contributed by atoms with Gasteiger partial charge in [0.2, 0.25) is 0 Å². The van der Waals surface area contributed by atoms with E-state index in [2.05, 4.69) is 37.3 Å². The predicted molar refractivity (Wildman–Crippen MR) is 94.6 cm³/mol. The molecule has 1 aliphatic heterocycles. The number of carbonyl (C=O) groups is 1. The Morgan fingerprint density at radius 3 is 2.96 bits per heavy atom. The Kier molecular flexibility index (Phi) is 4.08. The fourth-order valence-corrected chi connectivity index (χ4v) is 2.97. The van der Waals surface area contributed by atoms with Crippen molar-refractivity contribution in [2.45, 2.75) is 13.0 Å². The zero-order valence-electron chi connectivity index (χ0n) is 13.6. The number of nitrogens with one attached hydrogen (secondary N) is 1. The normalized spacial score (nSPS) is 12.7. The van der Waals surface area contributed by atoms with E-state index in [1.54, 1.807) is 18.5 Å². The molecule has 0 saturated carbocycles. The number of hydrogen-bond donors (Lipinski definition) is 1. The number of nitrogens with zero attached hydrogens (tertiary/aromatic N) is 4. The van der Waals surface area contributed by atoms with E-state index < -0.39 is 0 Å². The highest BCUT2D eigenvalue weighted by molar-refractivity contribution is 5.93. The van der Waals surface area contributed by atoms with Gasteiger partial charge in [-0.05, 0) is 29.7 Å². The molecule has 25 heavy (non-hydrogen) atoms. The molecule has 1 N–H and O–H groups in total. The van der Waals surface area contributed by atoms with E-state index in [-0.39, 0.29) is 5.91 Å². The number of para-hydroxylation sites is 1. The molecule has 0 unspecified atom stereocenters. The van der Waals surface area contributed by atoms with Crippen LogP contribution in [0.3, 0.4) is 0 Å². The van der Waals surface area contributed by atoms with Gasteiger partial charge in [0.05, 0.1) is 0 Å². The Balaban J connectivity index is 1.51. The van der Waals surface area contributed by atoms with Crippen molar-refractivity contribution in [3.05, 3.63) is 78.0 Å². The molecule has 2 aromatic heterocycles. The van der Waals surface area contributed by atoms with Crippen LogP contribution in [0.2, 0.25) is 0 Å². The number of benzene rings is 1. The first kappa shape index (κ1) is 15.3. The largest absolute Gasteiger partial charge is 0.347 e. The van der Waals surface area contributed by atoms with Crippen LogP contribution >= 0.6 is 0 Å². The summed E-state index contributed by atoms with van der Waals surface area (Å²) in [5.74, 6) is 0.520. The van der Waals surface area contributed by atoms with Crippen molar-refractivity contribution in [3.63, 3.8) is 0 Å². The van der Waals surface area contributed by atoms with Gasteiger partial charge in [-0.2, -0.15) is 0 Å². The highest BCUT2D eigenvalue weighted by Gasteiger charge is 2.21. The summed E-state index contributed by atoms with van der Waals surface area (Å²) in [6.07, 6.45) is 5.85. The molecular weight excluding hydrogens is 314 g/mol. The standard InChI is InChI=1S/C19H17N5O/c25-19(21-12-14-4-3-8-20-11-14)16-10-18(23-13-22-16)24-9-7-15-5-1-2-6-17(15)24/h1-6,8,10-11,13H,7,9,12H2,(H,21,25). The summed E-state index contributed by atoms with van der Waals surface area (Å²) in [6, 6.07) is 13.7. The molecule has 1 aromatic carbocycles. The monoisotopic (exact) mass is 331 g/mol. The van der Waals surface area contributed by atoms with Crippen LogP contribution in [0.4, 0.5) is 11.5 Å². The van der Waals surface area contributed by atoms with E-state index in [0.29, 0.717) is 12.2 Å². The number of rotatable bonds is 4. The van der Waals surface area contributed by atoms with Crippen LogP contribution in [0, 0.1) is 0 Å². The first-order valence-electron chi connectivity index (χ1n) is 8.16. The molecule has 0 aliphatic carbocycles. The summed E-state index contributed by atoms with van der Waals surface area (Å²) < 4.78 is 0. The minimum atomic E-state index is -0.222. The van der Waals surface area contributed by atoms with Crippen molar-refractivity contribution in [1.82, 2.24) is 20.3 Å². The number of aromatic nitrogens is 3. The molecule has 3 aromatic rings. The number of hydrogen-bond acceptors (Lipinski definition) is 5. The third kappa shape index (κ3) is 3.19. The Hall–Kier alpha value is -3.28. The van der Waals surface area contributed by atoms with Crippen molar-refractivity contribution in [3.8, 4) is 0 Å². The molecule has 0 radical (unpaired) electrons. The number of pyridine rings is 1. The molecule has 1 aliphatic rings. The van der Waals surface area contributed by atoms with Crippen LogP contribution in [0.5, 0.6) is 0 Å². The third-order valence-electron chi connectivity index (χ3n) is 4.22. The topological polar surface area (TPSA) is 71.0 Å². The van der Waals surface area contributed by atoms with Gasteiger partial charge in [0.1, 0.15) is 17.8 Å². The average molecular weight is 331 g/mol. The van der Waals surface area contributed by atoms with Crippen LogP contribution in [0.15, 0.2) is 61.2 Å². The van der Waals surface area contributed by atoms with Gasteiger partial charge in [0.15, 0.2) is 0 Å². The maximum atomic E-state index is 12.4. The predicted octanol–water partition coefficient (Wildman–Crippen LogP) is 2.50. The summed E-state index contributed by atoms with van der Waals surface area (Å²) in [5, 5.41) is 2.86.